The van der Waals surface area contributed by atoms with Crippen LogP contribution >= 0.6 is 0 Å². The number of hydrogen-bond donors (Lipinski definition) is 0. The average molecular weight is 126 g/mol. The van der Waals surface area contributed by atoms with E-state index in [9.17, 15) is 0 Å². The van der Waals surface area contributed by atoms with Gasteiger partial charge in [0.25, 0.3) is 0 Å². The van der Waals surface area contributed by atoms with E-state index < -0.39 is 6.16 Å². The minimum Gasteiger partial charge on any atom is -2.00 e. The van der Waals surface area contributed by atoms with E-state index in [4.69, 9.17) is 15.0 Å². The molecule has 0 bridgehead atoms. The molecule has 0 aliphatic rings. The fraction of sp³-hybridized carbons (Fsp3) is 0. The largest absolute Gasteiger partial charge is 3.00 e. The minimum absolute atomic E-state index is 0. The first kappa shape index (κ1) is 25.1. The molecule has 0 aromatic rings. The van der Waals surface area contributed by atoms with Crippen molar-refractivity contribution in [3.63, 3.8) is 0 Å². The number of rotatable bonds is 0. The maximum atomic E-state index is 8.33. The summed E-state index contributed by atoms with van der Waals surface area (Å²) >= 11 is 0. The van der Waals surface area contributed by atoms with Gasteiger partial charge in [0, 0.05) is 0 Å². The van der Waals surface area contributed by atoms with E-state index in [0.29, 0.717) is 0 Å². The van der Waals surface area contributed by atoms with E-state index in [2.05, 4.69) is 0 Å². The second-order valence-electron chi connectivity index (χ2n) is 0.250. The van der Waals surface area contributed by atoms with E-state index in [1.807, 2.05) is 0 Å². The monoisotopic (exact) mass is 126 g/mol. The van der Waals surface area contributed by atoms with Gasteiger partial charge in [0.15, 0.2) is 0 Å². The summed E-state index contributed by atoms with van der Waals surface area (Å²) in [4.78, 5) is 8.33. The molecule has 0 saturated heterocycles. The van der Waals surface area contributed by atoms with Crippen LogP contribution in [0.3, 0.4) is 0 Å². The fourth-order valence-electron chi connectivity index (χ4n) is 0. The third-order valence-corrected chi connectivity index (χ3v) is 0. The molecule has 32 valence electrons. The summed E-state index contributed by atoms with van der Waals surface area (Å²) in [5, 5.41) is 16.7. The first-order valence-electron chi connectivity index (χ1n) is 0.612. The first-order chi connectivity index (χ1) is 1.73. The van der Waals surface area contributed by atoms with Gasteiger partial charge in [-0.05, 0) is 6.16 Å². The molecule has 4 nitrogen and oxygen atoms in total. The van der Waals surface area contributed by atoms with Crippen LogP contribution in [0.1, 0.15) is 0 Å². The van der Waals surface area contributed by atoms with E-state index in [-0.39, 0.29) is 52.4 Å². The van der Waals surface area contributed by atoms with Crippen LogP contribution < -0.4 is 39.8 Å². The molecule has 0 atom stereocenters. The van der Waals surface area contributed by atoms with Crippen LogP contribution in [-0.4, -0.2) is 23.5 Å². The van der Waals surface area contributed by atoms with Crippen molar-refractivity contribution < 1.29 is 50.0 Å². The van der Waals surface area contributed by atoms with Gasteiger partial charge in [-0.15, -0.1) is 0 Å². The third-order valence-electron chi connectivity index (χ3n) is 0. The van der Waals surface area contributed by atoms with Crippen LogP contribution in [0, 0.1) is 0 Å². The molecule has 0 aliphatic heterocycles. The van der Waals surface area contributed by atoms with Gasteiger partial charge in [0.05, 0.1) is 0 Å². The topological polar surface area (TPSA) is 91.7 Å². The molecular formula is CAlNaO4. The van der Waals surface area contributed by atoms with Gasteiger partial charge in [-0.2, -0.15) is 0 Å². The zero-order chi connectivity index (χ0) is 3.58. The Hall–Kier alpha value is 0.762. The van der Waals surface area contributed by atoms with Crippen molar-refractivity contribution in [2.75, 3.05) is 0 Å². The maximum Gasteiger partial charge on any atom is 3.00 e. The summed E-state index contributed by atoms with van der Waals surface area (Å²) in [6.07, 6.45) is -2.33. The van der Waals surface area contributed by atoms with Crippen molar-refractivity contribution in [1.82, 2.24) is 0 Å². The molecule has 0 N–H and O–H groups in total. The molecular weight excluding hydrogens is 126 g/mol. The summed E-state index contributed by atoms with van der Waals surface area (Å²) in [6, 6.07) is 0. The summed E-state index contributed by atoms with van der Waals surface area (Å²) in [6.45, 7) is 0. The molecule has 0 spiro atoms. The smallest absolute Gasteiger partial charge is 2.00 e. The Bertz CT molecular complexity index is 34.7. The van der Waals surface area contributed by atoms with Gasteiger partial charge in [-0.3, -0.25) is 0 Å². The molecule has 0 saturated carbocycles. The normalized spacial score (nSPS) is 3.43. The molecule has 0 aromatic carbocycles. The second-order valence-corrected chi connectivity index (χ2v) is 0.250. The Balaban J connectivity index is -0.0000000150. The Morgan fingerprint density at radius 1 is 1.29 bits per heavy atom. The van der Waals surface area contributed by atoms with Crippen LogP contribution in [0.2, 0.25) is 0 Å². The Kier molecular flexibility index (Phi) is 56.8. The van der Waals surface area contributed by atoms with E-state index in [1.165, 1.54) is 0 Å². The van der Waals surface area contributed by atoms with Crippen molar-refractivity contribution in [3.05, 3.63) is 0 Å². The van der Waals surface area contributed by atoms with Gasteiger partial charge in [0.2, 0.25) is 0 Å². The molecule has 0 aliphatic carbocycles. The number of carbonyl (C=O) groups is 1. The molecule has 0 amide bonds. The van der Waals surface area contributed by atoms with E-state index >= 15 is 0 Å². The van der Waals surface area contributed by atoms with Gasteiger partial charge >= 0.3 is 46.9 Å². The van der Waals surface area contributed by atoms with Crippen LogP contribution in [0.5, 0.6) is 0 Å². The SMILES string of the molecule is O=C([O-])[O-].[Al+3].[Na+].[O-2]. The Morgan fingerprint density at radius 3 is 1.29 bits per heavy atom. The van der Waals surface area contributed by atoms with E-state index in [0.717, 1.165) is 0 Å². The third kappa shape index (κ3) is 264. The van der Waals surface area contributed by atoms with Crippen LogP contribution in [-0.2, 0) is 5.48 Å². The maximum absolute atomic E-state index is 8.33. The first-order valence-corrected chi connectivity index (χ1v) is 0.612. The summed E-state index contributed by atoms with van der Waals surface area (Å²) in [5.74, 6) is 0. The predicted octanol–water partition coefficient (Wildman–Crippen LogP) is -5.94. The van der Waals surface area contributed by atoms with Crippen molar-refractivity contribution in [2.24, 2.45) is 0 Å². The minimum atomic E-state index is -2.33. The fourth-order valence-corrected chi connectivity index (χ4v) is 0. The van der Waals surface area contributed by atoms with Gasteiger partial charge in [-0.25, -0.2) is 0 Å². The standard InChI is InChI=1S/CH2O3.Al.Na.O/c2-1(3)4;;;/h(H2,2,3,4);;;/q;+3;+1;-2/p-2. The van der Waals surface area contributed by atoms with Crippen molar-refractivity contribution in [2.45, 2.75) is 0 Å². The second kappa shape index (κ2) is 15.9. The quantitative estimate of drug-likeness (QED) is 0.302. The van der Waals surface area contributed by atoms with Crippen molar-refractivity contribution >= 4 is 23.5 Å². The van der Waals surface area contributed by atoms with E-state index in [1.54, 1.807) is 0 Å². The molecule has 6 heteroatoms. The van der Waals surface area contributed by atoms with Crippen molar-refractivity contribution in [3.8, 4) is 0 Å². The molecule has 0 aromatic heterocycles. The number of hydrogen-bond acceptors (Lipinski definition) is 3. The van der Waals surface area contributed by atoms with Crippen molar-refractivity contribution in [1.29, 1.82) is 0 Å². The zero-order valence-electron chi connectivity index (χ0n) is 3.71. The Labute approximate surface area is 73.3 Å². The molecule has 0 heterocycles. The van der Waals surface area contributed by atoms with Crippen LogP contribution in [0.15, 0.2) is 0 Å². The van der Waals surface area contributed by atoms with Crippen LogP contribution in [0.25, 0.3) is 0 Å². The number of carbonyl (C=O) groups excluding carboxylic acids is 1. The van der Waals surface area contributed by atoms with Gasteiger partial charge in [0.1, 0.15) is 0 Å². The van der Waals surface area contributed by atoms with Gasteiger partial charge < -0.3 is 20.5 Å². The summed E-state index contributed by atoms with van der Waals surface area (Å²) in [7, 11) is 0. The molecule has 0 rings (SSSR count). The molecule has 0 fully saturated rings. The molecule has 0 unspecified atom stereocenters. The van der Waals surface area contributed by atoms with Gasteiger partial charge in [-0.1, -0.05) is 0 Å². The predicted molar refractivity (Wildman–Crippen MR) is 11.8 cm³/mol. The average Bonchev–Trinajstić information content (AvgIpc) is 0.811. The Morgan fingerprint density at radius 2 is 1.29 bits per heavy atom. The molecule has 0 radical (unpaired) electrons. The summed E-state index contributed by atoms with van der Waals surface area (Å²) < 4.78 is 0. The molecule has 7 heavy (non-hydrogen) atoms. The zero-order valence-corrected chi connectivity index (χ0v) is 6.87. The number of carboxylic acid groups (broad SMARTS) is 2. The van der Waals surface area contributed by atoms with Crippen LogP contribution in [0.4, 0.5) is 4.79 Å². The summed E-state index contributed by atoms with van der Waals surface area (Å²) in [5.41, 5.74) is 0.